The summed E-state index contributed by atoms with van der Waals surface area (Å²) in [5, 5.41) is 9.78. The van der Waals surface area contributed by atoms with Gasteiger partial charge in [0.2, 0.25) is 0 Å². The Morgan fingerprint density at radius 2 is 2.25 bits per heavy atom. The fourth-order valence-corrected chi connectivity index (χ4v) is 0.998. The zero-order chi connectivity index (χ0) is 9.14. The van der Waals surface area contributed by atoms with Gasteiger partial charge in [-0.2, -0.15) is 0 Å². The molecule has 12 heavy (non-hydrogen) atoms. The van der Waals surface area contributed by atoms with E-state index < -0.39 is 5.91 Å². The van der Waals surface area contributed by atoms with E-state index in [4.69, 9.17) is 17.3 Å². The minimum absolute atomic E-state index is 0.113. The monoisotopic (exact) mass is 185 g/mol. The van der Waals surface area contributed by atoms with Crippen molar-refractivity contribution in [2.75, 3.05) is 0 Å². The Hall–Kier alpha value is -1.22. The summed E-state index contributed by atoms with van der Waals surface area (Å²) in [6.45, 7) is 0. The largest absolute Gasteiger partial charge is 0.507 e. The van der Waals surface area contributed by atoms with Crippen molar-refractivity contribution in [3.8, 4) is 0 Å². The maximum atomic E-state index is 10.7. The van der Waals surface area contributed by atoms with Gasteiger partial charge in [-0.05, 0) is 12.2 Å². The van der Waals surface area contributed by atoms with Crippen LogP contribution in [0.1, 0.15) is 6.42 Å². The summed E-state index contributed by atoms with van der Waals surface area (Å²) in [5.74, 6) is -0.790. The van der Waals surface area contributed by atoms with Crippen LogP contribution in [0.2, 0.25) is 0 Å². The molecule has 0 radical (unpaired) electrons. The average molecular weight is 186 g/mol. The number of carbonyl (C=O) groups is 1. The molecule has 0 atom stereocenters. The van der Waals surface area contributed by atoms with Crippen molar-refractivity contribution in [3.63, 3.8) is 0 Å². The Bertz CT molecular complexity index is 302. The molecule has 0 saturated carbocycles. The topological polar surface area (TPSA) is 63.3 Å². The normalized spacial score (nSPS) is 17.2. The van der Waals surface area contributed by atoms with Crippen molar-refractivity contribution in [2.24, 2.45) is 5.73 Å². The number of primary amides is 1. The first kappa shape index (κ1) is 8.87. The molecule has 1 amide bonds. The van der Waals surface area contributed by atoms with E-state index >= 15 is 0 Å². The number of allylic oxidation sites excluding steroid dienone is 4. The molecule has 0 aromatic rings. The van der Waals surface area contributed by atoms with Crippen LogP contribution in [-0.2, 0) is 4.79 Å². The summed E-state index contributed by atoms with van der Waals surface area (Å²) in [4.78, 5) is 10.7. The number of hydrogen-bond acceptors (Lipinski definition) is 2. The van der Waals surface area contributed by atoms with E-state index in [1.807, 2.05) is 0 Å². The Morgan fingerprint density at radius 1 is 1.58 bits per heavy atom. The van der Waals surface area contributed by atoms with Crippen LogP contribution < -0.4 is 5.73 Å². The van der Waals surface area contributed by atoms with Crippen molar-refractivity contribution in [3.05, 3.63) is 34.6 Å². The van der Waals surface area contributed by atoms with Gasteiger partial charge < -0.3 is 10.8 Å². The van der Waals surface area contributed by atoms with Gasteiger partial charge in [-0.25, -0.2) is 0 Å². The molecule has 4 heteroatoms. The van der Waals surface area contributed by atoms with Gasteiger partial charge in [-0.3, -0.25) is 4.79 Å². The fraction of sp³-hybridized carbons (Fsp3) is 0.125. The third-order valence-electron chi connectivity index (χ3n) is 1.46. The number of halogens is 1. The summed E-state index contributed by atoms with van der Waals surface area (Å²) in [7, 11) is 0. The molecule has 0 bridgehead atoms. The Kier molecular flexibility index (Phi) is 2.55. The summed E-state index contributed by atoms with van der Waals surface area (Å²) in [6, 6.07) is 0. The highest BCUT2D eigenvalue weighted by atomic mass is 35.5. The fourth-order valence-electron chi connectivity index (χ4n) is 0.858. The Morgan fingerprint density at radius 3 is 2.83 bits per heavy atom. The average Bonchev–Trinajstić information content (AvgIpc) is 2.14. The van der Waals surface area contributed by atoms with Gasteiger partial charge in [-0.15, -0.1) is 0 Å². The molecule has 0 unspecified atom stereocenters. The molecular weight excluding hydrogens is 178 g/mol. The van der Waals surface area contributed by atoms with Gasteiger partial charge in [-0.1, -0.05) is 17.7 Å². The molecule has 1 aliphatic carbocycles. The summed E-state index contributed by atoms with van der Waals surface area (Å²) < 4.78 is 0. The van der Waals surface area contributed by atoms with E-state index in [2.05, 4.69) is 0 Å². The maximum Gasteiger partial charge on any atom is 0.252 e. The van der Waals surface area contributed by atoms with E-state index in [1.165, 1.54) is 18.2 Å². The van der Waals surface area contributed by atoms with E-state index in [1.54, 1.807) is 0 Å². The minimum Gasteiger partial charge on any atom is -0.507 e. The van der Waals surface area contributed by atoms with E-state index in [9.17, 15) is 9.90 Å². The summed E-state index contributed by atoms with van der Waals surface area (Å²) in [6.07, 6.45) is 4.80. The molecular formula is C8H8ClNO2. The van der Waals surface area contributed by atoms with Crippen molar-refractivity contribution in [2.45, 2.75) is 6.42 Å². The van der Waals surface area contributed by atoms with E-state index in [0.717, 1.165) is 0 Å². The lowest BCUT2D eigenvalue weighted by Gasteiger charge is -1.98. The minimum atomic E-state index is -0.650. The van der Waals surface area contributed by atoms with E-state index in [-0.39, 0.29) is 11.3 Å². The molecule has 0 aromatic carbocycles. The van der Waals surface area contributed by atoms with Gasteiger partial charge in [0.05, 0.1) is 5.57 Å². The van der Waals surface area contributed by atoms with Gasteiger partial charge in [0.15, 0.2) is 0 Å². The van der Waals surface area contributed by atoms with Crippen LogP contribution in [0, 0.1) is 0 Å². The van der Waals surface area contributed by atoms with Crippen LogP contribution in [-0.4, -0.2) is 11.0 Å². The number of rotatable bonds is 1. The number of nitrogens with two attached hydrogens (primary N) is 1. The van der Waals surface area contributed by atoms with Crippen LogP contribution in [0.15, 0.2) is 34.6 Å². The second-order valence-electron chi connectivity index (χ2n) is 2.35. The molecule has 1 rings (SSSR count). The highest BCUT2D eigenvalue weighted by Crippen LogP contribution is 2.18. The first-order valence-electron chi connectivity index (χ1n) is 3.37. The Labute approximate surface area is 74.8 Å². The molecule has 0 aromatic heterocycles. The van der Waals surface area contributed by atoms with Crippen LogP contribution in [0.4, 0.5) is 0 Å². The second-order valence-corrected chi connectivity index (χ2v) is 2.84. The molecule has 3 N–H and O–H groups in total. The lowest BCUT2D eigenvalue weighted by molar-refractivity contribution is -0.114. The van der Waals surface area contributed by atoms with Crippen LogP contribution in [0.5, 0.6) is 0 Å². The highest BCUT2D eigenvalue weighted by molar-refractivity contribution is 6.29. The molecule has 0 heterocycles. The third-order valence-corrected chi connectivity index (χ3v) is 1.74. The van der Waals surface area contributed by atoms with Gasteiger partial charge in [0, 0.05) is 11.5 Å². The summed E-state index contributed by atoms with van der Waals surface area (Å²) >= 11 is 5.67. The number of amides is 1. The predicted molar refractivity (Wildman–Crippen MR) is 46.5 cm³/mol. The first-order valence-corrected chi connectivity index (χ1v) is 3.74. The smallest absolute Gasteiger partial charge is 0.252 e. The molecule has 0 spiro atoms. The number of hydrogen-bond donors (Lipinski definition) is 2. The second kappa shape index (κ2) is 3.45. The third kappa shape index (κ3) is 1.89. The number of aliphatic hydroxyl groups excluding tert-OH is 1. The van der Waals surface area contributed by atoms with E-state index in [0.29, 0.717) is 11.5 Å². The van der Waals surface area contributed by atoms with Crippen LogP contribution >= 0.6 is 11.6 Å². The van der Waals surface area contributed by atoms with Crippen molar-refractivity contribution in [1.29, 1.82) is 0 Å². The zero-order valence-corrected chi connectivity index (χ0v) is 7.01. The molecule has 0 fully saturated rings. The predicted octanol–water partition coefficient (Wildman–Crippen LogP) is 1.37. The van der Waals surface area contributed by atoms with Crippen LogP contribution in [0.25, 0.3) is 0 Å². The number of aliphatic hydroxyl groups is 1. The molecule has 0 saturated heterocycles. The quantitative estimate of drug-likeness (QED) is 0.648. The Balaban J connectivity index is 3.00. The lowest BCUT2D eigenvalue weighted by atomic mass is 10.2. The number of carbonyl (C=O) groups excluding carboxylic acids is 1. The van der Waals surface area contributed by atoms with Gasteiger partial charge in [0.25, 0.3) is 5.91 Å². The van der Waals surface area contributed by atoms with Gasteiger partial charge in [0.1, 0.15) is 5.76 Å². The van der Waals surface area contributed by atoms with Crippen molar-refractivity contribution < 1.29 is 9.90 Å². The zero-order valence-electron chi connectivity index (χ0n) is 6.25. The summed E-state index contributed by atoms with van der Waals surface area (Å²) in [5.41, 5.74) is 5.11. The standard InChI is InChI=1S/C8H8ClNO2/c9-5-1-3-6(8(10)12)7(11)4-2-5/h2-4,11H,1H2,(H2,10,12). The highest BCUT2D eigenvalue weighted by Gasteiger charge is 2.11. The van der Waals surface area contributed by atoms with Crippen LogP contribution in [0.3, 0.4) is 0 Å². The van der Waals surface area contributed by atoms with Crippen molar-refractivity contribution in [1.82, 2.24) is 0 Å². The van der Waals surface area contributed by atoms with Gasteiger partial charge >= 0.3 is 0 Å². The molecule has 1 aliphatic rings. The first-order chi connectivity index (χ1) is 5.61. The maximum absolute atomic E-state index is 10.7. The van der Waals surface area contributed by atoms with Crippen molar-refractivity contribution >= 4 is 17.5 Å². The molecule has 3 nitrogen and oxygen atoms in total. The lowest BCUT2D eigenvalue weighted by Crippen LogP contribution is -2.15. The molecule has 0 aliphatic heterocycles. The SMILES string of the molecule is NC(=O)C1=CCC(Cl)=CC=C1O. The molecule has 64 valence electrons.